The van der Waals surface area contributed by atoms with E-state index in [1.54, 1.807) is 0 Å². The SMILES string of the molecule is CCCCCC(CCCCC)CCOC(=O)CCCCCCCC(CCCCCCCC(=O)OCC1CC[C@H]2CC[C@@H]12)OC(=O)CCCN(C)C. The molecule has 2 saturated carbocycles. The van der Waals surface area contributed by atoms with Crippen LogP contribution < -0.4 is 0 Å². The van der Waals surface area contributed by atoms with Crippen molar-refractivity contribution in [2.45, 2.75) is 206 Å². The molecule has 0 aromatic heterocycles. The van der Waals surface area contributed by atoms with Crippen molar-refractivity contribution in [2.24, 2.45) is 23.7 Å². The predicted molar refractivity (Wildman–Crippen MR) is 210 cm³/mol. The lowest BCUT2D eigenvalue weighted by molar-refractivity contribution is -0.150. The maximum atomic E-state index is 12.6. The molecule has 2 unspecified atom stereocenters. The minimum Gasteiger partial charge on any atom is -0.466 e. The van der Waals surface area contributed by atoms with Crippen LogP contribution in [0.2, 0.25) is 0 Å². The van der Waals surface area contributed by atoms with E-state index in [0.29, 0.717) is 44.3 Å². The van der Waals surface area contributed by atoms with Crippen LogP contribution in [0.25, 0.3) is 0 Å². The summed E-state index contributed by atoms with van der Waals surface area (Å²) in [5.74, 6) is 2.93. The molecule has 7 nitrogen and oxygen atoms in total. The van der Waals surface area contributed by atoms with Gasteiger partial charge in [0.1, 0.15) is 6.10 Å². The Bertz CT molecular complexity index is 883. The number of esters is 3. The minimum absolute atomic E-state index is 0.0135. The molecule has 0 aliphatic heterocycles. The lowest BCUT2D eigenvalue weighted by Gasteiger charge is -2.33. The maximum Gasteiger partial charge on any atom is 0.306 e. The van der Waals surface area contributed by atoms with Crippen LogP contribution in [0.15, 0.2) is 0 Å². The van der Waals surface area contributed by atoms with Gasteiger partial charge in [0.25, 0.3) is 0 Å². The quantitative estimate of drug-likeness (QED) is 0.0372. The number of ether oxygens (including phenoxy) is 3. The lowest BCUT2D eigenvalue weighted by atomic mass is 9.73. The molecule has 2 aliphatic rings. The Kier molecular flexibility index (Phi) is 26.6. The molecule has 7 heteroatoms. The second kappa shape index (κ2) is 29.8. The maximum absolute atomic E-state index is 12.6. The number of rotatable bonds is 34. The first-order valence-electron chi connectivity index (χ1n) is 22.0. The number of carbonyl (C=O) groups excluding carboxylic acids is 3. The monoisotopic (exact) mass is 720 g/mol. The number of hydrogen-bond acceptors (Lipinski definition) is 7. The van der Waals surface area contributed by atoms with Gasteiger partial charge in [0, 0.05) is 19.3 Å². The Morgan fingerprint density at radius 3 is 1.65 bits per heavy atom. The smallest absolute Gasteiger partial charge is 0.306 e. The summed E-state index contributed by atoms with van der Waals surface area (Å²) in [6.07, 6.45) is 31.1. The molecule has 51 heavy (non-hydrogen) atoms. The molecule has 2 rings (SSSR count). The fourth-order valence-electron chi connectivity index (χ4n) is 8.30. The van der Waals surface area contributed by atoms with Gasteiger partial charge >= 0.3 is 17.9 Å². The van der Waals surface area contributed by atoms with Crippen LogP contribution >= 0.6 is 0 Å². The van der Waals surface area contributed by atoms with Crippen LogP contribution in [0.3, 0.4) is 0 Å². The van der Waals surface area contributed by atoms with E-state index in [-0.39, 0.29) is 24.0 Å². The van der Waals surface area contributed by atoms with Gasteiger partial charge < -0.3 is 19.1 Å². The topological polar surface area (TPSA) is 82.1 Å². The van der Waals surface area contributed by atoms with E-state index < -0.39 is 0 Å². The second-order valence-electron chi connectivity index (χ2n) is 16.5. The van der Waals surface area contributed by atoms with Crippen molar-refractivity contribution in [1.29, 1.82) is 0 Å². The van der Waals surface area contributed by atoms with Crippen LogP contribution in [-0.2, 0) is 28.6 Å². The summed E-state index contributed by atoms with van der Waals surface area (Å²) in [6.45, 7) is 6.62. The average Bonchev–Trinajstić information content (AvgIpc) is 3.37. The third kappa shape index (κ3) is 22.9. The Morgan fingerprint density at radius 2 is 1.10 bits per heavy atom. The molecular weight excluding hydrogens is 638 g/mol. The van der Waals surface area contributed by atoms with Gasteiger partial charge in [-0.3, -0.25) is 14.4 Å². The average molecular weight is 720 g/mol. The predicted octanol–water partition coefficient (Wildman–Crippen LogP) is 11.4. The highest BCUT2D eigenvalue weighted by Gasteiger charge is 2.42. The summed E-state index contributed by atoms with van der Waals surface area (Å²) in [4.78, 5) is 39.3. The van der Waals surface area contributed by atoms with E-state index in [1.165, 1.54) is 77.0 Å². The molecule has 0 N–H and O–H groups in total. The van der Waals surface area contributed by atoms with E-state index >= 15 is 0 Å². The largest absolute Gasteiger partial charge is 0.466 e. The molecular formula is C44H81NO6. The van der Waals surface area contributed by atoms with Crippen molar-refractivity contribution in [3.63, 3.8) is 0 Å². The van der Waals surface area contributed by atoms with Crippen molar-refractivity contribution in [3.8, 4) is 0 Å². The molecule has 0 heterocycles. The van der Waals surface area contributed by atoms with Crippen LogP contribution in [0.5, 0.6) is 0 Å². The zero-order chi connectivity index (χ0) is 36.9. The number of carbonyl (C=O) groups is 3. The summed E-state index contributed by atoms with van der Waals surface area (Å²) >= 11 is 0. The number of hydrogen-bond donors (Lipinski definition) is 0. The van der Waals surface area contributed by atoms with Crippen molar-refractivity contribution >= 4 is 17.9 Å². The van der Waals surface area contributed by atoms with Gasteiger partial charge in [-0.2, -0.15) is 0 Å². The Balaban J connectivity index is 1.54. The Morgan fingerprint density at radius 1 is 0.569 bits per heavy atom. The first kappa shape index (κ1) is 45.5. The van der Waals surface area contributed by atoms with Gasteiger partial charge in [-0.1, -0.05) is 104 Å². The summed E-state index contributed by atoms with van der Waals surface area (Å²) < 4.78 is 17.2. The van der Waals surface area contributed by atoms with Gasteiger partial charge in [0.2, 0.25) is 0 Å². The summed E-state index contributed by atoms with van der Waals surface area (Å²) in [5, 5.41) is 0. The highest BCUT2D eigenvalue weighted by Crippen LogP contribution is 2.50. The van der Waals surface area contributed by atoms with Crippen LogP contribution in [0, 0.1) is 23.7 Å². The number of unbranched alkanes of at least 4 members (excludes halogenated alkanes) is 12. The summed E-state index contributed by atoms with van der Waals surface area (Å²) in [5.41, 5.74) is 0. The molecule has 298 valence electrons. The molecule has 0 radical (unpaired) electrons. The van der Waals surface area contributed by atoms with Crippen molar-refractivity contribution in [2.75, 3.05) is 33.9 Å². The zero-order valence-corrected chi connectivity index (χ0v) is 33.9. The number of fused-ring (bicyclic) bond motifs is 1. The van der Waals surface area contributed by atoms with Crippen molar-refractivity contribution in [1.82, 2.24) is 4.90 Å². The van der Waals surface area contributed by atoms with Crippen molar-refractivity contribution < 1.29 is 28.6 Å². The van der Waals surface area contributed by atoms with Gasteiger partial charge in [0.15, 0.2) is 0 Å². The molecule has 0 saturated heterocycles. The Labute approximate surface area is 314 Å². The molecule has 2 fully saturated rings. The van der Waals surface area contributed by atoms with Crippen LogP contribution in [-0.4, -0.2) is 62.8 Å². The standard InChI is InChI=1S/C44H81NO6/c1-5-7-15-22-37(23-16-8-6-2)33-35-49-42(46)26-19-13-9-11-17-24-40(51-44(48)28-21-34-45(3)4)25-18-12-10-14-20-27-43(47)50-36-39-30-29-38-31-32-41(38)39/h37-41H,5-36H2,1-4H3/t38-,39?,40?,41+/m0/s1. The number of nitrogens with zero attached hydrogens (tertiary/aromatic N) is 1. The van der Waals surface area contributed by atoms with E-state index in [9.17, 15) is 14.4 Å². The normalized spacial score (nSPS) is 18.8. The summed E-state index contributed by atoms with van der Waals surface area (Å²) in [6, 6.07) is 0. The van der Waals surface area contributed by atoms with Crippen LogP contribution in [0.1, 0.15) is 200 Å². The molecule has 0 aromatic carbocycles. The molecule has 2 aliphatic carbocycles. The lowest BCUT2D eigenvalue weighted by Crippen LogP contribution is -2.28. The van der Waals surface area contributed by atoms with E-state index in [4.69, 9.17) is 14.2 Å². The van der Waals surface area contributed by atoms with Gasteiger partial charge in [-0.05, 0) is 121 Å². The first-order valence-corrected chi connectivity index (χ1v) is 22.0. The summed E-state index contributed by atoms with van der Waals surface area (Å²) in [7, 11) is 4.06. The van der Waals surface area contributed by atoms with Crippen molar-refractivity contribution in [3.05, 3.63) is 0 Å². The highest BCUT2D eigenvalue weighted by atomic mass is 16.5. The molecule has 0 spiro atoms. The fraction of sp³-hybridized carbons (Fsp3) is 0.932. The third-order valence-electron chi connectivity index (χ3n) is 11.8. The third-order valence-corrected chi connectivity index (χ3v) is 11.8. The molecule has 0 aromatic rings. The Hall–Kier alpha value is -1.63. The zero-order valence-electron chi connectivity index (χ0n) is 33.9. The fourth-order valence-corrected chi connectivity index (χ4v) is 8.30. The first-order chi connectivity index (χ1) is 24.8. The van der Waals surface area contributed by atoms with Gasteiger partial charge in [-0.25, -0.2) is 0 Å². The van der Waals surface area contributed by atoms with Gasteiger partial charge in [-0.15, -0.1) is 0 Å². The van der Waals surface area contributed by atoms with E-state index in [2.05, 4.69) is 18.7 Å². The van der Waals surface area contributed by atoms with Crippen LogP contribution in [0.4, 0.5) is 0 Å². The second-order valence-corrected chi connectivity index (χ2v) is 16.5. The van der Waals surface area contributed by atoms with Gasteiger partial charge in [0.05, 0.1) is 13.2 Å². The molecule has 0 bridgehead atoms. The van der Waals surface area contributed by atoms with E-state index in [1.807, 2.05) is 14.1 Å². The van der Waals surface area contributed by atoms with E-state index in [0.717, 1.165) is 108 Å². The molecule has 0 amide bonds. The highest BCUT2D eigenvalue weighted by molar-refractivity contribution is 5.70. The minimum atomic E-state index is -0.0717. The molecule has 4 atom stereocenters.